The Morgan fingerprint density at radius 3 is 2.88 bits per heavy atom. The second-order valence-corrected chi connectivity index (χ2v) is 3.56. The van der Waals surface area contributed by atoms with Gasteiger partial charge >= 0.3 is 0 Å². The Kier molecular flexibility index (Phi) is 5.93. The molecule has 5 heteroatoms. The van der Waals surface area contributed by atoms with E-state index in [2.05, 4.69) is 10.0 Å². The van der Waals surface area contributed by atoms with Crippen LogP contribution in [0, 0.1) is 0 Å². The van der Waals surface area contributed by atoms with Crippen LogP contribution in [0.5, 0.6) is 5.75 Å². The molecule has 0 aliphatic heterocycles. The van der Waals surface area contributed by atoms with E-state index in [9.17, 15) is 0 Å². The number of azide groups is 1. The van der Waals surface area contributed by atoms with E-state index in [0.717, 1.165) is 11.3 Å². The third-order valence-electron chi connectivity index (χ3n) is 2.40. The van der Waals surface area contributed by atoms with Gasteiger partial charge in [-0.15, -0.1) is 0 Å². The summed E-state index contributed by atoms with van der Waals surface area (Å²) in [4.78, 5) is 2.85. The second kappa shape index (κ2) is 7.54. The van der Waals surface area contributed by atoms with Crippen molar-refractivity contribution in [3.05, 3.63) is 40.3 Å². The Hall–Kier alpha value is -1.71. The van der Waals surface area contributed by atoms with Gasteiger partial charge in [0, 0.05) is 17.1 Å². The molecule has 1 atom stereocenters. The van der Waals surface area contributed by atoms with Gasteiger partial charge in [0.15, 0.2) is 0 Å². The van der Waals surface area contributed by atoms with Crippen molar-refractivity contribution < 1.29 is 9.84 Å². The summed E-state index contributed by atoms with van der Waals surface area (Å²) >= 11 is 0. The highest BCUT2D eigenvalue weighted by Crippen LogP contribution is 2.31. The van der Waals surface area contributed by atoms with Gasteiger partial charge in [-0.3, -0.25) is 0 Å². The van der Waals surface area contributed by atoms with E-state index in [1.54, 1.807) is 0 Å². The van der Waals surface area contributed by atoms with Gasteiger partial charge < -0.3 is 9.84 Å². The molecule has 0 bridgehead atoms. The third kappa shape index (κ3) is 3.98. The minimum atomic E-state index is -0.283. The highest BCUT2D eigenvalue weighted by Gasteiger charge is 2.13. The van der Waals surface area contributed by atoms with E-state index in [-0.39, 0.29) is 12.6 Å². The number of hydrogen-bond acceptors (Lipinski definition) is 3. The maximum atomic E-state index is 8.84. The fraction of sp³-hybridized carbons (Fsp3) is 0.500. The average molecular weight is 235 g/mol. The van der Waals surface area contributed by atoms with Gasteiger partial charge in [0.25, 0.3) is 0 Å². The van der Waals surface area contributed by atoms with E-state index < -0.39 is 0 Å². The molecular weight excluding hydrogens is 218 g/mol. The number of aliphatic hydroxyl groups excluding tert-OH is 1. The van der Waals surface area contributed by atoms with Crippen LogP contribution in [0.4, 0.5) is 0 Å². The molecule has 0 amide bonds. The molecule has 0 saturated heterocycles. The third-order valence-corrected chi connectivity index (χ3v) is 2.40. The maximum Gasteiger partial charge on any atom is 0.122 e. The van der Waals surface area contributed by atoms with Crippen LogP contribution in [0.3, 0.4) is 0 Å². The number of rotatable bonds is 7. The van der Waals surface area contributed by atoms with Gasteiger partial charge in [-0.2, -0.15) is 0 Å². The lowest BCUT2D eigenvalue weighted by molar-refractivity contribution is 0.278. The minimum absolute atomic E-state index is 0.0915. The molecule has 0 saturated carbocycles. The molecule has 0 heterocycles. The zero-order chi connectivity index (χ0) is 12.5. The summed E-state index contributed by atoms with van der Waals surface area (Å²) in [6.45, 7) is 2.57. The minimum Gasteiger partial charge on any atom is -0.494 e. The number of hydrogen-bond donors (Lipinski definition) is 1. The van der Waals surface area contributed by atoms with E-state index >= 15 is 0 Å². The quantitative estimate of drug-likeness (QED) is 0.447. The van der Waals surface area contributed by atoms with Gasteiger partial charge in [-0.25, -0.2) is 0 Å². The molecule has 5 nitrogen and oxygen atoms in total. The van der Waals surface area contributed by atoms with E-state index in [1.807, 2.05) is 31.2 Å². The molecule has 0 aliphatic rings. The Bertz CT molecular complexity index is 389. The molecule has 1 rings (SSSR count). The van der Waals surface area contributed by atoms with Crippen LogP contribution in [0.15, 0.2) is 29.4 Å². The van der Waals surface area contributed by atoms with E-state index in [4.69, 9.17) is 15.4 Å². The van der Waals surface area contributed by atoms with Gasteiger partial charge in [0.2, 0.25) is 0 Å². The molecule has 1 N–H and O–H groups in total. The van der Waals surface area contributed by atoms with Crippen molar-refractivity contribution in [1.82, 2.24) is 0 Å². The van der Waals surface area contributed by atoms with Crippen LogP contribution in [-0.4, -0.2) is 18.3 Å². The summed E-state index contributed by atoms with van der Waals surface area (Å²) in [5, 5.41) is 12.6. The molecule has 1 unspecified atom stereocenters. The fourth-order valence-corrected chi connectivity index (χ4v) is 1.67. The van der Waals surface area contributed by atoms with Crippen LogP contribution in [0.2, 0.25) is 0 Å². The summed E-state index contributed by atoms with van der Waals surface area (Å²) in [6.07, 6.45) is 1.22. The molecule has 1 aromatic carbocycles. The lowest BCUT2D eigenvalue weighted by Gasteiger charge is -2.15. The Morgan fingerprint density at radius 2 is 2.24 bits per heavy atom. The molecule has 0 radical (unpaired) electrons. The van der Waals surface area contributed by atoms with Crippen LogP contribution in [0.1, 0.15) is 31.4 Å². The first-order valence-electron chi connectivity index (χ1n) is 5.70. The van der Waals surface area contributed by atoms with Gasteiger partial charge in [0.1, 0.15) is 5.75 Å². The van der Waals surface area contributed by atoms with Crippen molar-refractivity contribution in [3.8, 4) is 5.75 Å². The summed E-state index contributed by atoms with van der Waals surface area (Å²) in [5.41, 5.74) is 9.45. The van der Waals surface area contributed by atoms with Crippen molar-refractivity contribution in [2.24, 2.45) is 5.11 Å². The maximum absolute atomic E-state index is 8.84. The summed E-state index contributed by atoms with van der Waals surface area (Å²) < 4.78 is 5.50. The smallest absolute Gasteiger partial charge is 0.122 e. The standard InChI is InChI=1S/C12H17N3O2/c1-2-17-12-8-4-3-6-10(12)11(14-15-13)7-5-9-16/h3-4,6,8,11,16H,2,5,7,9H2,1H3. The summed E-state index contributed by atoms with van der Waals surface area (Å²) in [5.74, 6) is 0.741. The molecule has 0 fully saturated rings. The van der Waals surface area contributed by atoms with Crippen molar-refractivity contribution in [1.29, 1.82) is 0 Å². The largest absolute Gasteiger partial charge is 0.494 e. The predicted octanol–water partition coefficient (Wildman–Crippen LogP) is 3.21. The van der Waals surface area contributed by atoms with Gasteiger partial charge in [-0.1, -0.05) is 23.3 Å². The first kappa shape index (κ1) is 13.4. The van der Waals surface area contributed by atoms with Crippen LogP contribution < -0.4 is 4.74 Å². The van der Waals surface area contributed by atoms with Crippen molar-refractivity contribution in [2.75, 3.05) is 13.2 Å². The Labute approximate surface area is 101 Å². The average Bonchev–Trinajstić information content (AvgIpc) is 2.36. The van der Waals surface area contributed by atoms with E-state index in [1.165, 1.54) is 0 Å². The number of ether oxygens (including phenoxy) is 1. The van der Waals surface area contributed by atoms with Crippen molar-refractivity contribution in [3.63, 3.8) is 0 Å². The first-order valence-corrected chi connectivity index (χ1v) is 5.70. The molecule has 17 heavy (non-hydrogen) atoms. The highest BCUT2D eigenvalue weighted by atomic mass is 16.5. The predicted molar refractivity (Wildman–Crippen MR) is 65.8 cm³/mol. The van der Waals surface area contributed by atoms with Crippen LogP contribution in [-0.2, 0) is 0 Å². The van der Waals surface area contributed by atoms with Gasteiger partial charge in [0.05, 0.1) is 12.6 Å². The number of benzene rings is 1. The first-order chi connectivity index (χ1) is 8.33. The van der Waals surface area contributed by atoms with E-state index in [0.29, 0.717) is 19.4 Å². The van der Waals surface area contributed by atoms with Gasteiger partial charge in [-0.05, 0) is 31.4 Å². The molecule has 1 aromatic rings. The summed E-state index contributed by atoms with van der Waals surface area (Å²) in [6, 6.07) is 7.24. The zero-order valence-electron chi connectivity index (χ0n) is 9.91. The lowest BCUT2D eigenvalue weighted by atomic mass is 10.0. The molecule has 0 spiro atoms. The molecular formula is C12H17N3O2. The van der Waals surface area contributed by atoms with Crippen LogP contribution in [0.25, 0.3) is 10.4 Å². The fourth-order valence-electron chi connectivity index (χ4n) is 1.67. The molecule has 92 valence electrons. The number of aliphatic hydroxyl groups is 1. The van der Waals surface area contributed by atoms with Crippen molar-refractivity contribution in [2.45, 2.75) is 25.8 Å². The lowest BCUT2D eigenvalue weighted by Crippen LogP contribution is -2.01. The second-order valence-electron chi connectivity index (χ2n) is 3.56. The zero-order valence-corrected chi connectivity index (χ0v) is 9.91. The summed E-state index contributed by atoms with van der Waals surface area (Å²) in [7, 11) is 0. The molecule has 0 aliphatic carbocycles. The van der Waals surface area contributed by atoms with Crippen molar-refractivity contribution >= 4 is 0 Å². The molecule has 0 aromatic heterocycles. The number of para-hydroxylation sites is 1. The topological polar surface area (TPSA) is 78.2 Å². The number of nitrogens with zero attached hydrogens (tertiary/aromatic N) is 3. The Morgan fingerprint density at radius 1 is 1.47 bits per heavy atom. The van der Waals surface area contributed by atoms with Crippen LogP contribution >= 0.6 is 0 Å². The monoisotopic (exact) mass is 235 g/mol. The SMILES string of the molecule is CCOc1ccccc1C(CCCO)N=[N+]=[N-]. The highest BCUT2D eigenvalue weighted by molar-refractivity contribution is 5.36. The Balaban J connectivity index is 2.95. The normalized spacial score (nSPS) is 11.6.